The number of rotatable bonds is 9. The van der Waals surface area contributed by atoms with Crippen LogP contribution >= 0.6 is 23.5 Å². The Balaban J connectivity index is 1.49. The highest BCUT2D eigenvalue weighted by molar-refractivity contribution is 8.18. The maximum absolute atomic E-state index is 2.79. The molecule has 4 aliphatic rings. The van der Waals surface area contributed by atoms with Crippen LogP contribution in [0.4, 0.5) is 0 Å². The molecule has 3 fully saturated rings. The molecule has 0 radical (unpaired) electrons. The van der Waals surface area contributed by atoms with Gasteiger partial charge in [-0.3, -0.25) is 0 Å². The number of thioether (sulfide) groups is 2. The summed E-state index contributed by atoms with van der Waals surface area (Å²) >= 11 is 4.53. The van der Waals surface area contributed by atoms with Gasteiger partial charge in [0, 0.05) is 0 Å². The second-order valence-electron chi connectivity index (χ2n) is 13.3. The highest BCUT2D eigenvalue weighted by atomic mass is 32.2. The fourth-order valence-electron chi connectivity index (χ4n) is 9.41. The largest absolute Gasteiger partial charge is 0.144 e. The van der Waals surface area contributed by atoms with Crippen LogP contribution in [0.5, 0.6) is 0 Å². The predicted octanol–water partition coefficient (Wildman–Crippen LogP) is 10.1. The van der Waals surface area contributed by atoms with Gasteiger partial charge in [-0.15, -0.1) is 23.5 Å². The third-order valence-electron chi connectivity index (χ3n) is 11.2. The van der Waals surface area contributed by atoms with E-state index in [0.29, 0.717) is 14.9 Å². The lowest BCUT2D eigenvalue weighted by Gasteiger charge is -2.60. The SMILES string of the molecule is CCSC1(SCC)CC[C@@]2(C)C(C=C[C@H]3[C@@H]4CC[C@H]([C@H](C)CCCC(C)C)[C@@]4(C)CC[C@@H]32)C1. The number of hydrogen-bond acceptors (Lipinski definition) is 2. The van der Waals surface area contributed by atoms with Gasteiger partial charge in [0.25, 0.3) is 0 Å². The monoisotopic (exact) mass is 490 g/mol. The summed E-state index contributed by atoms with van der Waals surface area (Å²) in [4.78, 5) is 0. The zero-order valence-electron chi connectivity index (χ0n) is 23.0. The maximum atomic E-state index is 2.79. The van der Waals surface area contributed by atoms with E-state index in [0.717, 1.165) is 41.4 Å². The van der Waals surface area contributed by atoms with Gasteiger partial charge >= 0.3 is 0 Å². The molecule has 1 unspecified atom stereocenters. The normalized spacial score (nSPS) is 42.6. The molecule has 0 saturated heterocycles. The van der Waals surface area contributed by atoms with Gasteiger partial charge in [-0.25, -0.2) is 0 Å². The summed E-state index contributed by atoms with van der Waals surface area (Å²) in [6.45, 7) is 17.6. The molecule has 0 N–H and O–H groups in total. The number of allylic oxidation sites excluding steroid dienone is 2. The van der Waals surface area contributed by atoms with Gasteiger partial charge in [-0.2, -0.15) is 0 Å². The van der Waals surface area contributed by atoms with Crippen LogP contribution in [0.1, 0.15) is 113 Å². The first-order chi connectivity index (χ1) is 15.7. The smallest absolute Gasteiger partial charge is 0.0616 e. The summed E-state index contributed by atoms with van der Waals surface area (Å²) in [5.74, 6) is 8.84. The van der Waals surface area contributed by atoms with Crippen LogP contribution in [0.25, 0.3) is 0 Å². The average molecular weight is 491 g/mol. The summed E-state index contributed by atoms with van der Waals surface area (Å²) in [5.41, 5.74) is 1.15. The minimum Gasteiger partial charge on any atom is -0.144 e. The van der Waals surface area contributed by atoms with E-state index in [-0.39, 0.29) is 0 Å². The zero-order valence-corrected chi connectivity index (χ0v) is 24.6. The Kier molecular flexibility index (Phi) is 8.38. The van der Waals surface area contributed by atoms with Crippen molar-refractivity contribution in [1.29, 1.82) is 0 Å². The Hall–Kier alpha value is 0.440. The molecule has 33 heavy (non-hydrogen) atoms. The van der Waals surface area contributed by atoms with Gasteiger partial charge in [0.1, 0.15) is 0 Å². The van der Waals surface area contributed by atoms with Crippen molar-refractivity contribution in [3.63, 3.8) is 0 Å². The molecule has 0 aromatic carbocycles. The van der Waals surface area contributed by atoms with Crippen LogP contribution in [-0.4, -0.2) is 15.6 Å². The van der Waals surface area contributed by atoms with E-state index in [1.54, 1.807) is 0 Å². The maximum Gasteiger partial charge on any atom is 0.0616 e. The molecule has 0 aliphatic heterocycles. The van der Waals surface area contributed by atoms with E-state index in [1.165, 1.54) is 75.7 Å². The Labute approximate surface area is 215 Å². The Morgan fingerprint density at radius 2 is 1.52 bits per heavy atom. The van der Waals surface area contributed by atoms with E-state index < -0.39 is 0 Å². The van der Waals surface area contributed by atoms with E-state index >= 15 is 0 Å². The minimum atomic E-state index is 0.484. The molecule has 0 spiro atoms. The first-order valence-electron chi connectivity index (χ1n) is 14.7. The van der Waals surface area contributed by atoms with Crippen molar-refractivity contribution in [3.8, 4) is 0 Å². The van der Waals surface area contributed by atoms with E-state index in [4.69, 9.17) is 0 Å². The van der Waals surface area contributed by atoms with Crippen LogP contribution < -0.4 is 0 Å². The van der Waals surface area contributed by atoms with Gasteiger partial charge in [-0.05, 0) is 109 Å². The van der Waals surface area contributed by atoms with Gasteiger partial charge in [0.05, 0.1) is 4.08 Å². The molecule has 4 rings (SSSR count). The molecule has 0 amide bonds. The van der Waals surface area contributed by atoms with E-state index in [9.17, 15) is 0 Å². The quantitative estimate of drug-likeness (QED) is 0.233. The summed E-state index contributed by atoms with van der Waals surface area (Å²) in [6, 6.07) is 0. The lowest BCUT2D eigenvalue weighted by molar-refractivity contribution is -0.0649. The van der Waals surface area contributed by atoms with Gasteiger partial charge in [-0.1, -0.05) is 79.9 Å². The Morgan fingerprint density at radius 3 is 2.18 bits per heavy atom. The number of fused-ring (bicyclic) bond motifs is 5. The van der Waals surface area contributed by atoms with Crippen molar-refractivity contribution in [3.05, 3.63) is 12.2 Å². The highest BCUT2D eigenvalue weighted by Gasteiger charge is 2.60. The second kappa shape index (κ2) is 10.4. The van der Waals surface area contributed by atoms with Crippen LogP contribution in [0.2, 0.25) is 0 Å². The molecule has 0 aromatic rings. The molecule has 190 valence electrons. The van der Waals surface area contributed by atoms with Gasteiger partial charge < -0.3 is 0 Å². The fraction of sp³-hybridized carbons (Fsp3) is 0.935. The predicted molar refractivity (Wildman–Crippen MR) is 152 cm³/mol. The van der Waals surface area contributed by atoms with Crippen molar-refractivity contribution in [1.82, 2.24) is 0 Å². The zero-order chi connectivity index (χ0) is 23.9. The topological polar surface area (TPSA) is 0 Å². The summed E-state index contributed by atoms with van der Waals surface area (Å²) < 4.78 is 0.484. The summed E-state index contributed by atoms with van der Waals surface area (Å²) in [7, 11) is 0. The van der Waals surface area contributed by atoms with Crippen LogP contribution in [0, 0.1) is 52.3 Å². The molecular formula is C31H54S2. The molecular weight excluding hydrogens is 436 g/mol. The van der Waals surface area contributed by atoms with Crippen molar-refractivity contribution in [2.75, 3.05) is 11.5 Å². The lowest BCUT2D eigenvalue weighted by Crippen LogP contribution is -2.53. The fourth-order valence-corrected chi connectivity index (χ4v) is 12.6. The van der Waals surface area contributed by atoms with E-state index in [1.807, 2.05) is 0 Å². The molecule has 0 nitrogen and oxygen atoms in total. The molecule has 8 atom stereocenters. The van der Waals surface area contributed by atoms with Crippen molar-refractivity contribution in [2.45, 2.75) is 117 Å². The molecule has 0 aromatic heterocycles. The van der Waals surface area contributed by atoms with Crippen molar-refractivity contribution < 1.29 is 0 Å². The van der Waals surface area contributed by atoms with Crippen molar-refractivity contribution in [2.24, 2.45) is 52.3 Å². The van der Waals surface area contributed by atoms with Crippen LogP contribution in [-0.2, 0) is 0 Å². The average Bonchev–Trinajstić information content (AvgIpc) is 3.12. The summed E-state index contributed by atoms with van der Waals surface area (Å²) in [5, 5.41) is 0. The molecule has 0 bridgehead atoms. The third-order valence-corrected chi connectivity index (χ3v) is 14.3. The van der Waals surface area contributed by atoms with Crippen LogP contribution in [0.15, 0.2) is 12.2 Å². The molecule has 0 heterocycles. The second-order valence-corrected chi connectivity index (χ2v) is 16.9. The third kappa shape index (κ3) is 4.89. The lowest BCUT2D eigenvalue weighted by atomic mass is 9.46. The molecule has 2 heteroatoms. The first kappa shape index (κ1) is 26.5. The molecule has 3 saturated carbocycles. The van der Waals surface area contributed by atoms with Crippen LogP contribution in [0.3, 0.4) is 0 Å². The van der Waals surface area contributed by atoms with Gasteiger partial charge in [0.2, 0.25) is 0 Å². The Bertz CT molecular complexity index is 676. The highest BCUT2D eigenvalue weighted by Crippen LogP contribution is 2.68. The standard InChI is InChI=1S/C31H54S2/c1-8-32-31(33-9-2)20-19-29(6)24(21-31)13-14-25-27-16-15-26(23(5)12-10-11-22(3)4)30(27,7)18-17-28(25)29/h13-14,22-28H,8-12,15-21H2,1-7H3/t23-,24?,25+,26-,27+,28+,29+,30-/m1/s1. The van der Waals surface area contributed by atoms with Gasteiger partial charge in [0.15, 0.2) is 0 Å². The first-order valence-corrected chi connectivity index (χ1v) is 16.6. The Morgan fingerprint density at radius 1 is 0.818 bits per heavy atom. The van der Waals surface area contributed by atoms with Crippen molar-refractivity contribution >= 4 is 23.5 Å². The molecule has 4 aliphatic carbocycles. The minimum absolute atomic E-state index is 0.484. The van der Waals surface area contributed by atoms with E-state index in [2.05, 4.69) is 84.1 Å². The summed E-state index contributed by atoms with van der Waals surface area (Å²) in [6.07, 6.45) is 20.2. The number of hydrogen-bond donors (Lipinski definition) is 0.